The van der Waals surface area contributed by atoms with E-state index in [-0.39, 0.29) is 5.91 Å². The van der Waals surface area contributed by atoms with Crippen molar-refractivity contribution in [3.8, 4) is 0 Å². The SMILES string of the molecule is Cc1csc([C@@H]2CCCN(C(=O)CCc3cn(C)nc3C)C2)n1. The van der Waals surface area contributed by atoms with E-state index in [0.29, 0.717) is 12.3 Å². The lowest BCUT2D eigenvalue weighted by atomic mass is 9.98. The number of likely N-dealkylation sites (tertiary alicyclic amines) is 1. The molecule has 6 heteroatoms. The molecule has 0 N–H and O–H groups in total. The first-order valence-corrected chi connectivity index (χ1v) is 9.10. The molecule has 1 aliphatic heterocycles. The molecule has 3 rings (SSSR count). The third kappa shape index (κ3) is 3.80. The van der Waals surface area contributed by atoms with Crippen molar-refractivity contribution in [2.45, 2.75) is 45.4 Å². The molecule has 1 fully saturated rings. The van der Waals surface area contributed by atoms with E-state index in [2.05, 4.69) is 15.5 Å². The third-order valence-electron chi connectivity index (χ3n) is 4.48. The highest BCUT2D eigenvalue weighted by Crippen LogP contribution is 2.29. The molecule has 1 amide bonds. The highest BCUT2D eigenvalue weighted by molar-refractivity contribution is 7.09. The highest BCUT2D eigenvalue weighted by Gasteiger charge is 2.26. The maximum absolute atomic E-state index is 12.6. The summed E-state index contributed by atoms with van der Waals surface area (Å²) in [6.07, 6.45) is 5.56. The topological polar surface area (TPSA) is 51.0 Å². The average molecular weight is 332 g/mol. The summed E-state index contributed by atoms with van der Waals surface area (Å²) in [4.78, 5) is 19.2. The van der Waals surface area contributed by atoms with E-state index in [0.717, 1.165) is 43.7 Å². The van der Waals surface area contributed by atoms with Gasteiger partial charge in [0.2, 0.25) is 5.91 Å². The molecule has 0 aliphatic carbocycles. The fourth-order valence-corrected chi connectivity index (χ4v) is 4.18. The second kappa shape index (κ2) is 6.83. The van der Waals surface area contributed by atoms with Crippen LogP contribution in [0.3, 0.4) is 0 Å². The first-order chi connectivity index (χ1) is 11.0. The zero-order valence-corrected chi connectivity index (χ0v) is 14.9. The van der Waals surface area contributed by atoms with Crippen LogP contribution < -0.4 is 0 Å². The number of nitrogens with zero attached hydrogens (tertiary/aromatic N) is 4. The van der Waals surface area contributed by atoms with Crippen LogP contribution in [-0.2, 0) is 18.3 Å². The zero-order valence-electron chi connectivity index (χ0n) is 14.1. The first kappa shape index (κ1) is 16.2. The van der Waals surface area contributed by atoms with Gasteiger partial charge < -0.3 is 4.90 Å². The lowest BCUT2D eigenvalue weighted by molar-refractivity contribution is -0.132. The number of aryl methyl sites for hydroxylation is 4. The predicted octanol–water partition coefficient (Wildman–Crippen LogP) is 2.83. The summed E-state index contributed by atoms with van der Waals surface area (Å²) in [6.45, 7) is 5.73. The minimum atomic E-state index is 0.256. The smallest absolute Gasteiger partial charge is 0.222 e. The van der Waals surface area contributed by atoms with Gasteiger partial charge in [-0.15, -0.1) is 11.3 Å². The van der Waals surface area contributed by atoms with E-state index in [1.54, 1.807) is 11.3 Å². The molecular weight excluding hydrogens is 308 g/mol. The number of carbonyl (C=O) groups is 1. The number of amides is 1. The summed E-state index contributed by atoms with van der Waals surface area (Å²) in [6, 6.07) is 0. The number of hydrogen-bond donors (Lipinski definition) is 0. The van der Waals surface area contributed by atoms with E-state index in [1.807, 2.05) is 36.7 Å². The Morgan fingerprint density at radius 2 is 2.26 bits per heavy atom. The lowest BCUT2D eigenvalue weighted by Gasteiger charge is -2.32. The summed E-state index contributed by atoms with van der Waals surface area (Å²) >= 11 is 1.72. The molecule has 124 valence electrons. The number of carbonyl (C=O) groups excluding carboxylic acids is 1. The minimum absolute atomic E-state index is 0.256. The van der Waals surface area contributed by atoms with Gasteiger partial charge in [0.15, 0.2) is 0 Å². The van der Waals surface area contributed by atoms with Crippen molar-refractivity contribution in [3.05, 3.63) is 33.5 Å². The van der Waals surface area contributed by atoms with Crippen LogP contribution in [0.15, 0.2) is 11.6 Å². The molecular formula is C17H24N4OS. The van der Waals surface area contributed by atoms with Gasteiger partial charge in [0.1, 0.15) is 0 Å². The van der Waals surface area contributed by atoms with E-state index < -0.39 is 0 Å². The van der Waals surface area contributed by atoms with Crippen LogP contribution in [0.4, 0.5) is 0 Å². The largest absolute Gasteiger partial charge is 0.342 e. The number of rotatable bonds is 4. The van der Waals surface area contributed by atoms with Crippen LogP contribution in [0, 0.1) is 13.8 Å². The molecule has 1 atom stereocenters. The van der Waals surface area contributed by atoms with Gasteiger partial charge in [-0.25, -0.2) is 4.98 Å². The Bertz CT molecular complexity index is 691. The molecule has 0 unspecified atom stereocenters. The Balaban J connectivity index is 1.57. The van der Waals surface area contributed by atoms with Crippen LogP contribution in [0.1, 0.15) is 47.1 Å². The van der Waals surface area contributed by atoms with Crippen molar-refractivity contribution in [2.75, 3.05) is 13.1 Å². The number of aromatic nitrogens is 3. The molecule has 1 aliphatic rings. The van der Waals surface area contributed by atoms with Gasteiger partial charge in [-0.05, 0) is 38.7 Å². The molecule has 0 spiro atoms. The fourth-order valence-electron chi connectivity index (χ4n) is 3.26. The van der Waals surface area contributed by atoms with Crippen molar-refractivity contribution in [2.24, 2.45) is 7.05 Å². The maximum atomic E-state index is 12.6. The van der Waals surface area contributed by atoms with E-state index >= 15 is 0 Å². The Labute approximate surface area is 141 Å². The van der Waals surface area contributed by atoms with E-state index in [1.165, 1.54) is 10.6 Å². The van der Waals surface area contributed by atoms with Gasteiger partial charge >= 0.3 is 0 Å². The predicted molar refractivity (Wildman–Crippen MR) is 91.7 cm³/mol. The van der Waals surface area contributed by atoms with Crippen LogP contribution in [0.25, 0.3) is 0 Å². The normalized spacial score (nSPS) is 18.4. The molecule has 0 radical (unpaired) electrons. The molecule has 5 nitrogen and oxygen atoms in total. The average Bonchev–Trinajstić information content (AvgIpc) is 3.10. The Morgan fingerprint density at radius 1 is 1.43 bits per heavy atom. The molecule has 2 aromatic heterocycles. The molecule has 2 aromatic rings. The second-order valence-corrected chi connectivity index (χ2v) is 7.31. The van der Waals surface area contributed by atoms with E-state index in [4.69, 9.17) is 0 Å². The molecule has 23 heavy (non-hydrogen) atoms. The van der Waals surface area contributed by atoms with Crippen LogP contribution in [0.2, 0.25) is 0 Å². The van der Waals surface area contributed by atoms with E-state index in [9.17, 15) is 4.79 Å². The summed E-state index contributed by atoms with van der Waals surface area (Å²) in [5.41, 5.74) is 3.28. The van der Waals surface area contributed by atoms with Crippen molar-refractivity contribution in [1.29, 1.82) is 0 Å². The Kier molecular flexibility index (Phi) is 4.80. The van der Waals surface area contributed by atoms with Gasteiger partial charge in [0.25, 0.3) is 0 Å². The first-order valence-electron chi connectivity index (χ1n) is 8.22. The molecule has 0 bridgehead atoms. The fraction of sp³-hybridized carbons (Fsp3) is 0.588. The summed E-state index contributed by atoms with van der Waals surface area (Å²) in [5.74, 6) is 0.665. The summed E-state index contributed by atoms with van der Waals surface area (Å²) in [5, 5.41) is 7.62. The van der Waals surface area contributed by atoms with Gasteiger partial charge in [0, 0.05) is 49.7 Å². The standard InChI is InChI=1S/C17H24N4OS/c1-12-11-23-17(18-12)15-5-4-8-21(10-15)16(22)7-6-14-9-20(3)19-13(14)2/h9,11,15H,4-8,10H2,1-3H3/t15-/m1/s1. The third-order valence-corrected chi connectivity index (χ3v) is 5.61. The van der Waals surface area contributed by atoms with Crippen LogP contribution in [-0.4, -0.2) is 38.7 Å². The highest BCUT2D eigenvalue weighted by atomic mass is 32.1. The maximum Gasteiger partial charge on any atom is 0.222 e. The summed E-state index contributed by atoms with van der Waals surface area (Å²) < 4.78 is 1.82. The quantitative estimate of drug-likeness (QED) is 0.865. The summed E-state index contributed by atoms with van der Waals surface area (Å²) in [7, 11) is 1.92. The minimum Gasteiger partial charge on any atom is -0.342 e. The Hall–Kier alpha value is -1.69. The van der Waals surface area contributed by atoms with Gasteiger partial charge in [-0.3, -0.25) is 9.48 Å². The van der Waals surface area contributed by atoms with Crippen molar-refractivity contribution >= 4 is 17.2 Å². The van der Waals surface area contributed by atoms with Crippen LogP contribution in [0.5, 0.6) is 0 Å². The molecule has 1 saturated heterocycles. The van der Waals surface area contributed by atoms with Gasteiger partial charge in [-0.2, -0.15) is 5.10 Å². The lowest BCUT2D eigenvalue weighted by Crippen LogP contribution is -2.39. The van der Waals surface area contributed by atoms with Crippen molar-refractivity contribution < 1.29 is 4.79 Å². The van der Waals surface area contributed by atoms with Crippen molar-refractivity contribution in [3.63, 3.8) is 0 Å². The Morgan fingerprint density at radius 3 is 2.91 bits per heavy atom. The number of thiazole rings is 1. The molecule has 0 aromatic carbocycles. The monoisotopic (exact) mass is 332 g/mol. The zero-order chi connectivity index (χ0) is 16.4. The van der Waals surface area contributed by atoms with Crippen LogP contribution >= 0.6 is 11.3 Å². The van der Waals surface area contributed by atoms with Gasteiger partial charge in [0.05, 0.1) is 10.7 Å². The van der Waals surface area contributed by atoms with Gasteiger partial charge in [-0.1, -0.05) is 0 Å². The number of hydrogen-bond acceptors (Lipinski definition) is 4. The number of piperidine rings is 1. The second-order valence-electron chi connectivity index (χ2n) is 6.42. The molecule has 3 heterocycles. The van der Waals surface area contributed by atoms with Crippen molar-refractivity contribution in [1.82, 2.24) is 19.7 Å². The molecule has 0 saturated carbocycles.